The summed E-state index contributed by atoms with van der Waals surface area (Å²) in [4.78, 5) is 44.3. The molecule has 0 unspecified atom stereocenters. The van der Waals surface area contributed by atoms with E-state index in [1.54, 1.807) is 42.9 Å². The normalized spacial score (nSPS) is 18.9. The van der Waals surface area contributed by atoms with Crippen LogP contribution in [0.5, 0.6) is 0 Å². The van der Waals surface area contributed by atoms with Crippen molar-refractivity contribution in [2.24, 2.45) is 5.92 Å². The molecular weight excluding hydrogens is 582 g/mol. The number of nitriles is 1. The Labute approximate surface area is 269 Å². The maximum atomic E-state index is 13.3. The van der Waals surface area contributed by atoms with E-state index in [2.05, 4.69) is 32.0 Å². The molecule has 3 aromatic rings. The van der Waals surface area contributed by atoms with E-state index in [0.29, 0.717) is 55.1 Å². The number of benzene rings is 2. The quantitative estimate of drug-likeness (QED) is 0.369. The lowest BCUT2D eigenvalue weighted by Gasteiger charge is -2.38. The highest BCUT2D eigenvalue weighted by atomic mass is 16.2. The number of amides is 3. The third kappa shape index (κ3) is 5.75. The van der Waals surface area contributed by atoms with E-state index in [4.69, 9.17) is 0 Å². The van der Waals surface area contributed by atoms with Crippen molar-refractivity contribution in [1.29, 1.82) is 5.26 Å². The zero-order valence-corrected chi connectivity index (χ0v) is 26.9. The van der Waals surface area contributed by atoms with Crippen LogP contribution in [0.1, 0.15) is 80.9 Å². The molecular formula is C34H41N9O3. The number of tetrazole rings is 1. The van der Waals surface area contributed by atoms with Gasteiger partial charge in [0.1, 0.15) is 6.04 Å². The van der Waals surface area contributed by atoms with Crippen LogP contribution in [0, 0.1) is 17.2 Å². The Balaban J connectivity index is 1.47. The number of hydrogen-bond acceptors (Lipinski definition) is 8. The summed E-state index contributed by atoms with van der Waals surface area (Å²) in [6, 6.07) is 13.6. The molecule has 0 radical (unpaired) electrons. The number of likely N-dealkylation sites (tertiary alicyclic amines) is 1. The van der Waals surface area contributed by atoms with Crippen LogP contribution in [-0.2, 0) is 23.1 Å². The second-order valence-corrected chi connectivity index (χ2v) is 13.2. The fourth-order valence-corrected chi connectivity index (χ4v) is 7.30. The van der Waals surface area contributed by atoms with Gasteiger partial charge in [0.15, 0.2) is 5.82 Å². The van der Waals surface area contributed by atoms with Crippen LogP contribution >= 0.6 is 0 Å². The molecule has 1 aromatic heterocycles. The largest absolute Gasteiger partial charge is 0.345 e. The number of nitrogens with one attached hydrogen (secondary N) is 2. The van der Waals surface area contributed by atoms with Crippen molar-refractivity contribution in [3.05, 3.63) is 75.6 Å². The summed E-state index contributed by atoms with van der Waals surface area (Å²) in [5, 5.41) is 28.8. The highest BCUT2D eigenvalue weighted by Gasteiger charge is 2.48. The third-order valence-electron chi connectivity index (χ3n) is 9.80. The highest BCUT2D eigenvalue weighted by Crippen LogP contribution is 2.49. The number of carbonyl (C=O) groups excluding carboxylic acids is 3. The molecule has 2 heterocycles. The Morgan fingerprint density at radius 1 is 1.00 bits per heavy atom. The number of aryl methyl sites for hydroxylation is 2. The lowest BCUT2D eigenvalue weighted by atomic mass is 9.67. The number of hydrogen-bond donors (Lipinski definition) is 2. The first-order valence-corrected chi connectivity index (χ1v) is 16.0. The van der Waals surface area contributed by atoms with Crippen LogP contribution in [0.4, 0.5) is 0 Å². The van der Waals surface area contributed by atoms with Crippen molar-refractivity contribution in [3.8, 4) is 6.07 Å². The van der Waals surface area contributed by atoms with E-state index >= 15 is 0 Å². The van der Waals surface area contributed by atoms with Crippen LogP contribution in [0.3, 0.4) is 0 Å². The molecule has 2 fully saturated rings. The molecule has 12 nitrogen and oxygen atoms in total. The summed E-state index contributed by atoms with van der Waals surface area (Å²) < 4.78 is 0. The molecule has 2 aromatic carbocycles. The number of carbonyl (C=O) groups is 3. The molecule has 1 saturated carbocycles. The Morgan fingerprint density at radius 3 is 2.11 bits per heavy atom. The minimum Gasteiger partial charge on any atom is -0.345 e. The SMILES string of the molecule is CN(C)C(=O)c1ccc2c(c1)CCc1cc(C(=O)N(C)C)ccc1C2(C[C@H](NCC(=O)N1CCC[C@H]1C#N)C1CC1)c1nnn[nH]1. The van der Waals surface area contributed by atoms with Gasteiger partial charge in [-0.3, -0.25) is 14.4 Å². The number of fused-ring (bicyclic) bond motifs is 2. The summed E-state index contributed by atoms with van der Waals surface area (Å²) in [5.41, 5.74) is 4.35. The van der Waals surface area contributed by atoms with E-state index in [1.807, 2.05) is 36.4 Å². The van der Waals surface area contributed by atoms with Gasteiger partial charge in [-0.2, -0.15) is 5.26 Å². The van der Waals surface area contributed by atoms with Crippen LogP contribution in [-0.4, -0.2) is 106 Å². The van der Waals surface area contributed by atoms with Gasteiger partial charge < -0.3 is 20.0 Å². The lowest BCUT2D eigenvalue weighted by Crippen LogP contribution is -2.47. The van der Waals surface area contributed by atoms with Gasteiger partial charge in [0.05, 0.1) is 18.0 Å². The standard InChI is InChI=1S/C34H41N9O3/c1-41(2)31(45)24-11-13-27-22(16-24)9-10-23-17-25(32(46)42(3)4)12-14-28(23)34(27,33-37-39-40-38-33)18-29(21-7-8-21)36-20-30(44)43-15-5-6-26(43)19-35/h11-14,16-17,21,26,29,36H,5-10,15,18,20H2,1-4H3,(H,37,38,39,40)/t26-,29-/m0/s1. The molecule has 240 valence electrons. The van der Waals surface area contributed by atoms with Crippen molar-refractivity contribution in [2.45, 2.75) is 62.4 Å². The summed E-state index contributed by atoms with van der Waals surface area (Å²) in [7, 11) is 6.97. The summed E-state index contributed by atoms with van der Waals surface area (Å²) in [6.45, 7) is 0.736. The van der Waals surface area contributed by atoms with E-state index in [0.717, 1.165) is 41.5 Å². The van der Waals surface area contributed by atoms with Gasteiger partial charge in [0, 0.05) is 51.9 Å². The van der Waals surface area contributed by atoms with E-state index in [1.165, 1.54) is 0 Å². The van der Waals surface area contributed by atoms with Crippen LogP contribution in [0.2, 0.25) is 0 Å². The number of H-pyrrole nitrogens is 1. The zero-order valence-electron chi connectivity index (χ0n) is 26.9. The smallest absolute Gasteiger partial charge is 0.253 e. The molecule has 3 aliphatic rings. The van der Waals surface area contributed by atoms with Gasteiger partial charge in [-0.25, -0.2) is 5.10 Å². The second-order valence-electron chi connectivity index (χ2n) is 13.2. The van der Waals surface area contributed by atoms with Crippen LogP contribution in [0.25, 0.3) is 0 Å². The topological polar surface area (TPSA) is 151 Å². The summed E-state index contributed by atoms with van der Waals surface area (Å²) >= 11 is 0. The molecule has 1 aliphatic heterocycles. The maximum absolute atomic E-state index is 13.3. The number of rotatable bonds is 9. The van der Waals surface area contributed by atoms with E-state index in [9.17, 15) is 19.6 Å². The van der Waals surface area contributed by atoms with Crippen molar-refractivity contribution >= 4 is 17.7 Å². The van der Waals surface area contributed by atoms with Gasteiger partial charge in [-0.05, 0) is 108 Å². The fraction of sp³-hybridized carbons (Fsp3) is 0.500. The monoisotopic (exact) mass is 623 g/mol. The van der Waals surface area contributed by atoms with Gasteiger partial charge >= 0.3 is 0 Å². The number of aromatic amines is 1. The first-order valence-electron chi connectivity index (χ1n) is 16.0. The predicted octanol–water partition coefficient (Wildman–Crippen LogP) is 2.31. The molecule has 1 saturated heterocycles. The van der Waals surface area contributed by atoms with Gasteiger partial charge in [0.25, 0.3) is 11.8 Å². The third-order valence-corrected chi connectivity index (χ3v) is 9.80. The number of nitrogens with zero attached hydrogens (tertiary/aromatic N) is 7. The Kier molecular flexibility index (Phi) is 8.61. The lowest BCUT2D eigenvalue weighted by molar-refractivity contribution is -0.130. The molecule has 2 aliphatic carbocycles. The predicted molar refractivity (Wildman–Crippen MR) is 170 cm³/mol. The Bertz CT molecular complexity index is 1600. The van der Waals surface area contributed by atoms with Crippen molar-refractivity contribution in [3.63, 3.8) is 0 Å². The van der Waals surface area contributed by atoms with Crippen LogP contribution < -0.4 is 5.32 Å². The molecule has 2 N–H and O–H groups in total. The minimum absolute atomic E-state index is 0.0644. The van der Waals surface area contributed by atoms with Crippen molar-refractivity contribution < 1.29 is 14.4 Å². The average Bonchev–Trinajstić information content (AvgIpc) is 3.56. The number of aromatic nitrogens is 4. The second kappa shape index (κ2) is 12.6. The first kappa shape index (κ1) is 31.4. The van der Waals surface area contributed by atoms with E-state index < -0.39 is 5.41 Å². The summed E-state index contributed by atoms with van der Waals surface area (Å²) in [5.74, 6) is 0.696. The fourth-order valence-electron chi connectivity index (χ4n) is 7.30. The molecule has 46 heavy (non-hydrogen) atoms. The zero-order chi connectivity index (χ0) is 32.6. The van der Waals surface area contributed by atoms with Crippen molar-refractivity contribution in [1.82, 2.24) is 40.6 Å². The highest BCUT2D eigenvalue weighted by molar-refractivity contribution is 5.95. The van der Waals surface area contributed by atoms with Crippen molar-refractivity contribution in [2.75, 3.05) is 41.3 Å². The van der Waals surface area contributed by atoms with Gasteiger partial charge in [-0.1, -0.05) is 12.1 Å². The minimum atomic E-state index is -0.865. The first-order chi connectivity index (χ1) is 22.1. The van der Waals surface area contributed by atoms with Gasteiger partial charge in [0.2, 0.25) is 5.91 Å². The Hall–Kier alpha value is -4.63. The van der Waals surface area contributed by atoms with E-state index in [-0.39, 0.29) is 36.3 Å². The maximum Gasteiger partial charge on any atom is 0.253 e. The molecule has 0 bridgehead atoms. The molecule has 6 rings (SSSR count). The van der Waals surface area contributed by atoms with Gasteiger partial charge in [-0.15, -0.1) is 5.10 Å². The average molecular weight is 624 g/mol. The molecule has 2 atom stereocenters. The summed E-state index contributed by atoms with van der Waals surface area (Å²) in [6.07, 6.45) is 5.47. The Morgan fingerprint density at radius 2 is 1.61 bits per heavy atom. The molecule has 3 amide bonds. The molecule has 0 spiro atoms. The molecule has 12 heteroatoms. The van der Waals surface area contributed by atoms with Crippen LogP contribution in [0.15, 0.2) is 36.4 Å².